The van der Waals surface area contributed by atoms with E-state index in [0.29, 0.717) is 29.2 Å². The number of halogens is 1. The second-order valence-corrected chi connectivity index (χ2v) is 12.2. The van der Waals surface area contributed by atoms with Crippen molar-refractivity contribution in [1.82, 2.24) is 10.2 Å². The van der Waals surface area contributed by atoms with Gasteiger partial charge in [-0.3, -0.25) is 9.59 Å². The summed E-state index contributed by atoms with van der Waals surface area (Å²) in [6, 6.07) is 11.0. The Hall–Kier alpha value is -2.71. The quantitative estimate of drug-likeness (QED) is 0.153. The van der Waals surface area contributed by atoms with Crippen LogP contribution in [0.3, 0.4) is 0 Å². The third kappa shape index (κ3) is 11.2. The fraction of sp³-hybridized carbons (Fsp3) is 0.531. The monoisotopic (exact) mass is 603 g/mol. The average molecular weight is 604 g/mol. The topological polar surface area (TPSA) is 87.7 Å². The smallest absolute Gasteiger partial charge is 0.408 e. The molecular formula is C32H46ClN3O4S. The van der Waals surface area contributed by atoms with Gasteiger partial charge in [-0.1, -0.05) is 92.6 Å². The third-order valence-electron chi connectivity index (χ3n) is 6.63. The molecule has 7 nitrogen and oxygen atoms in total. The number of alkyl carbamates (subject to hydrolysis) is 1. The van der Waals surface area contributed by atoms with E-state index in [1.165, 1.54) is 0 Å². The molecule has 2 N–H and O–H groups in total. The van der Waals surface area contributed by atoms with E-state index >= 15 is 0 Å². The van der Waals surface area contributed by atoms with E-state index in [1.54, 1.807) is 31.7 Å². The van der Waals surface area contributed by atoms with Gasteiger partial charge in [0.15, 0.2) is 0 Å². The summed E-state index contributed by atoms with van der Waals surface area (Å²) in [5.41, 5.74) is 2.27. The van der Waals surface area contributed by atoms with Gasteiger partial charge >= 0.3 is 6.09 Å². The van der Waals surface area contributed by atoms with Crippen LogP contribution >= 0.6 is 24.2 Å². The average Bonchev–Trinajstić information content (AvgIpc) is 2.90. The molecule has 41 heavy (non-hydrogen) atoms. The summed E-state index contributed by atoms with van der Waals surface area (Å²) in [5.74, 6) is -0.757. The molecule has 0 saturated carbocycles. The summed E-state index contributed by atoms with van der Waals surface area (Å²) in [7, 11) is 0. The summed E-state index contributed by atoms with van der Waals surface area (Å²) in [5, 5.41) is 6.05. The zero-order chi connectivity index (χ0) is 30.6. The molecule has 0 aliphatic carbocycles. The summed E-state index contributed by atoms with van der Waals surface area (Å²) in [6.45, 7) is 11.6. The number of ether oxygens (including phenoxy) is 1. The highest BCUT2D eigenvalue weighted by molar-refractivity contribution is 7.80. The number of amides is 3. The summed E-state index contributed by atoms with van der Waals surface area (Å²) in [6.07, 6.45) is 5.38. The first-order valence-electron chi connectivity index (χ1n) is 14.4. The number of hydrogen-bond donors (Lipinski definition) is 3. The number of carbonyl (C=O) groups excluding carboxylic acids is 3. The molecule has 0 aromatic heterocycles. The number of nitrogens with zero attached hydrogens (tertiary/aromatic N) is 1. The first-order valence-corrected chi connectivity index (χ1v) is 15.4. The molecule has 2 unspecified atom stereocenters. The number of nitrogens with one attached hydrogen (secondary N) is 2. The molecular weight excluding hydrogens is 558 g/mol. The number of thiol groups is 1. The lowest BCUT2D eigenvalue weighted by Gasteiger charge is -2.34. The zero-order valence-electron chi connectivity index (χ0n) is 25.3. The largest absolute Gasteiger partial charge is 0.444 e. The van der Waals surface area contributed by atoms with Crippen LogP contribution in [0.25, 0.3) is 0 Å². The molecule has 2 rings (SSSR count). The SMILES string of the molecule is CCCCCCCCN(C(=O)C(CS)NC(=O)OC(C)(C)C)C(C(=O)Nc1c(C)cccc1Cl)c1ccc(C)cc1. The molecule has 0 fully saturated rings. The molecule has 0 heterocycles. The van der Waals surface area contributed by atoms with Crippen molar-refractivity contribution in [1.29, 1.82) is 0 Å². The molecule has 0 radical (unpaired) electrons. The minimum Gasteiger partial charge on any atom is -0.444 e. The summed E-state index contributed by atoms with van der Waals surface area (Å²) >= 11 is 10.8. The van der Waals surface area contributed by atoms with Gasteiger partial charge in [-0.25, -0.2) is 4.79 Å². The van der Waals surface area contributed by atoms with E-state index in [1.807, 2.05) is 50.2 Å². The van der Waals surface area contributed by atoms with E-state index in [0.717, 1.165) is 43.2 Å². The molecule has 0 spiro atoms. The first kappa shape index (κ1) is 34.5. The van der Waals surface area contributed by atoms with Gasteiger partial charge in [0.05, 0.1) is 10.7 Å². The number of aryl methyl sites for hydroxylation is 2. The normalized spacial score (nSPS) is 12.8. The van der Waals surface area contributed by atoms with Gasteiger partial charge in [-0.2, -0.15) is 12.6 Å². The number of anilines is 1. The molecule has 9 heteroatoms. The Labute approximate surface area is 256 Å². The maximum atomic E-state index is 14.1. The maximum absolute atomic E-state index is 14.1. The van der Waals surface area contributed by atoms with Gasteiger partial charge in [0.1, 0.15) is 17.7 Å². The van der Waals surface area contributed by atoms with E-state index in [-0.39, 0.29) is 11.7 Å². The van der Waals surface area contributed by atoms with E-state index in [9.17, 15) is 14.4 Å². The second-order valence-electron chi connectivity index (χ2n) is 11.4. The highest BCUT2D eigenvalue weighted by atomic mass is 35.5. The molecule has 0 aliphatic rings. The van der Waals surface area contributed by atoms with Crippen molar-refractivity contribution in [3.63, 3.8) is 0 Å². The van der Waals surface area contributed by atoms with E-state index in [4.69, 9.17) is 16.3 Å². The van der Waals surface area contributed by atoms with Gasteiger partial charge in [0.25, 0.3) is 5.91 Å². The number of para-hydroxylation sites is 1. The van der Waals surface area contributed by atoms with Crippen LogP contribution in [0.5, 0.6) is 0 Å². The fourth-order valence-corrected chi connectivity index (χ4v) is 4.98. The van der Waals surface area contributed by atoms with Gasteiger partial charge in [0.2, 0.25) is 5.91 Å². The Morgan fingerprint density at radius 2 is 1.61 bits per heavy atom. The lowest BCUT2D eigenvalue weighted by molar-refractivity contribution is -0.140. The van der Waals surface area contributed by atoms with Gasteiger partial charge in [0, 0.05) is 12.3 Å². The van der Waals surface area contributed by atoms with Crippen molar-refractivity contribution in [2.45, 2.75) is 97.8 Å². The van der Waals surface area contributed by atoms with E-state index in [2.05, 4.69) is 30.2 Å². The Balaban J connectivity index is 2.47. The number of rotatable bonds is 14. The van der Waals surface area contributed by atoms with Crippen molar-refractivity contribution in [2.24, 2.45) is 0 Å². The van der Waals surface area contributed by atoms with Crippen molar-refractivity contribution < 1.29 is 19.1 Å². The standard InChI is InChI=1S/C32H46ClN3O4S/c1-7-8-9-10-11-12-20-36(30(38)26(21-41)34-31(39)40-32(4,5)6)28(24-18-16-22(2)17-19-24)29(37)35-27-23(3)14-13-15-25(27)33/h13-19,26,28,41H,7-12,20-21H2,1-6H3,(H,34,39)(H,35,37). The van der Waals surface area contributed by atoms with Gasteiger partial charge in [-0.05, 0) is 58.2 Å². The molecule has 0 bridgehead atoms. The molecule has 3 amide bonds. The minimum atomic E-state index is -0.990. The molecule has 2 aromatic rings. The predicted octanol–water partition coefficient (Wildman–Crippen LogP) is 7.65. The third-order valence-corrected chi connectivity index (χ3v) is 7.31. The lowest BCUT2D eigenvalue weighted by atomic mass is 10.0. The fourth-order valence-electron chi connectivity index (χ4n) is 4.47. The molecule has 0 aliphatic heterocycles. The molecule has 2 atom stereocenters. The maximum Gasteiger partial charge on any atom is 0.408 e. The van der Waals surface area contributed by atoms with E-state index < -0.39 is 29.7 Å². The van der Waals surface area contributed by atoms with Crippen LogP contribution in [0, 0.1) is 13.8 Å². The Bertz CT molecular complexity index is 1130. The van der Waals surface area contributed by atoms with Crippen molar-refractivity contribution >= 4 is 47.8 Å². The molecule has 0 saturated heterocycles. The highest BCUT2D eigenvalue weighted by Gasteiger charge is 2.36. The van der Waals surface area contributed by atoms with Gasteiger partial charge < -0.3 is 20.3 Å². The second kappa shape index (κ2) is 16.7. The number of hydrogen-bond acceptors (Lipinski definition) is 5. The minimum absolute atomic E-state index is 0.0386. The Morgan fingerprint density at radius 1 is 0.976 bits per heavy atom. The first-order chi connectivity index (χ1) is 19.4. The van der Waals surface area contributed by atoms with Crippen LogP contribution in [-0.2, 0) is 14.3 Å². The van der Waals surface area contributed by atoms with Crippen LogP contribution in [-0.4, -0.2) is 46.7 Å². The number of unbranched alkanes of at least 4 members (excludes halogenated alkanes) is 5. The zero-order valence-corrected chi connectivity index (χ0v) is 26.9. The number of benzene rings is 2. The van der Waals surface area contributed by atoms with Crippen LogP contribution in [0.2, 0.25) is 5.02 Å². The van der Waals surface area contributed by atoms with Crippen LogP contribution in [0.4, 0.5) is 10.5 Å². The van der Waals surface area contributed by atoms with Crippen molar-refractivity contribution in [2.75, 3.05) is 17.6 Å². The van der Waals surface area contributed by atoms with Crippen molar-refractivity contribution in [3.8, 4) is 0 Å². The number of carbonyl (C=O) groups is 3. The highest BCUT2D eigenvalue weighted by Crippen LogP contribution is 2.30. The summed E-state index contributed by atoms with van der Waals surface area (Å²) < 4.78 is 5.40. The molecule has 226 valence electrons. The van der Waals surface area contributed by atoms with Crippen LogP contribution in [0.1, 0.15) is 89.0 Å². The predicted molar refractivity (Wildman–Crippen MR) is 171 cm³/mol. The molecule has 2 aromatic carbocycles. The Morgan fingerprint density at radius 3 is 2.20 bits per heavy atom. The lowest BCUT2D eigenvalue weighted by Crippen LogP contribution is -2.53. The van der Waals surface area contributed by atoms with Crippen LogP contribution < -0.4 is 10.6 Å². The van der Waals surface area contributed by atoms with Crippen LogP contribution in [0.15, 0.2) is 42.5 Å². The van der Waals surface area contributed by atoms with Gasteiger partial charge in [-0.15, -0.1) is 0 Å². The van der Waals surface area contributed by atoms with Crippen molar-refractivity contribution in [3.05, 3.63) is 64.2 Å². The summed E-state index contributed by atoms with van der Waals surface area (Å²) in [4.78, 5) is 42.3. The Kier molecular flexibility index (Phi) is 14.0.